The lowest BCUT2D eigenvalue weighted by molar-refractivity contribution is 0.473. The molecular formula is C24H17ClN4O3S. The third-order valence-corrected chi connectivity index (χ3v) is 6.39. The van der Waals surface area contributed by atoms with Crippen LogP contribution in [0.5, 0.6) is 5.75 Å². The zero-order valence-electron chi connectivity index (χ0n) is 17.2. The maximum Gasteiger partial charge on any atom is 0.336 e. The van der Waals surface area contributed by atoms with Gasteiger partial charge in [0.2, 0.25) is 0 Å². The highest BCUT2D eigenvalue weighted by molar-refractivity contribution is 7.98. The van der Waals surface area contributed by atoms with Crippen LogP contribution in [0.4, 0.5) is 0 Å². The summed E-state index contributed by atoms with van der Waals surface area (Å²) in [4.78, 5) is 16.3. The Kier molecular flexibility index (Phi) is 5.85. The number of hydrogen-bond donors (Lipinski definition) is 1. The molecule has 5 rings (SSSR count). The van der Waals surface area contributed by atoms with Crippen molar-refractivity contribution in [2.24, 2.45) is 0 Å². The van der Waals surface area contributed by atoms with Crippen molar-refractivity contribution < 1.29 is 9.52 Å². The summed E-state index contributed by atoms with van der Waals surface area (Å²) in [6.45, 7) is 0.581. The molecule has 9 heteroatoms. The summed E-state index contributed by atoms with van der Waals surface area (Å²) in [5, 5.41) is 20.3. The molecule has 5 aromatic rings. The Morgan fingerprint density at radius 2 is 1.91 bits per heavy atom. The Balaban J connectivity index is 1.52. The lowest BCUT2D eigenvalue weighted by Gasteiger charge is -2.11. The van der Waals surface area contributed by atoms with Crippen LogP contribution in [0.3, 0.4) is 0 Å². The van der Waals surface area contributed by atoms with Gasteiger partial charge in [0.05, 0.1) is 11.6 Å². The molecule has 0 aliphatic rings. The fourth-order valence-electron chi connectivity index (χ4n) is 3.51. The number of phenolic OH excluding ortho intramolecular Hbond substituents is 1. The number of nitrogens with zero attached hydrogens (tertiary/aromatic N) is 4. The van der Waals surface area contributed by atoms with E-state index in [9.17, 15) is 9.90 Å². The highest BCUT2D eigenvalue weighted by atomic mass is 35.5. The first-order valence-electron chi connectivity index (χ1n) is 10.0. The van der Waals surface area contributed by atoms with Crippen LogP contribution in [0.2, 0.25) is 5.02 Å². The van der Waals surface area contributed by atoms with Crippen LogP contribution in [0, 0.1) is 0 Å². The second kappa shape index (κ2) is 9.09. The molecule has 0 bridgehead atoms. The molecule has 0 amide bonds. The van der Waals surface area contributed by atoms with E-state index in [1.165, 1.54) is 23.9 Å². The molecule has 33 heavy (non-hydrogen) atoms. The molecule has 2 aromatic carbocycles. The lowest BCUT2D eigenvalue weighted by atomic mass is 10.1. The maximum atomic E-state index is 12.1. The van der Waals surface area contributed by atoms with Gasteiger partial charge in [-0.3, -0.25) is 9.55 Å². The van der Waals surface area contributed by atoms with Crippen molar-refractivity contribution in [3.05, 3.63) is 99.6 Å². The van der Waals surface area contributed by atoms with Crippen molar-refractivity contribution in [3.63, 3.8) is 0 Å². The number of hydrogen-bond acceptors (Lipinski definition) is 7. The first-order chi connectivity index (χ1) is 16.1. The zero-order chi connectivity index (χ0) is 22.8. The summed E-state index contributed by atoms with van der Waals surface area (Å²) in [7, 11) is 0. The van der Waals surface area contributed by atoms with Gasteiger partial charge in [0.1, 0.15) is 11.3 Å². The monoisotopic (exact) mass is 476 g/mol. The first-order valence-corrected chi connectivity index (χ1v) is 11.4. The SMILES string of the molecule is O=c1cc(CSc2nnc(-c3cccnc3)n2Cc2ccccc2)c2cc(Cl)c(O)cc2o1. The molecule has 0 saturated carbocycles. The number of phenols is 1. The van der Waals surface area contributed by atoms with Gasteiger partial charge in [-0.2, -0.15) is 0 Å². The topological polar surface area (TPSA) is 94.0 Å². The minimum Gasteiger partial charge on any atom is -0.506 e. The molecular weight excluding hydrogens is 460 g/mol. The predicted octanol–water partition coefficient (Wildman–Crippen LogP) is 5.15. The molecule has 164 valence electrons. The third-order valence-electron chi connectivity index (χ3n) is 5.07. The van der Waals surface area contributed by atoms with Crippen molar-refractivity contribution in [1.29, 1.82) is 0 Å². The number of aromatic nitrogens is 4. The highest BCUT2D eigenvalue weighted by Crippen LogP contribution is 2.33. The van der Waals surface area contributed by atoms with Crippen molar-refractivity contribution in [1.82, 2.24) is 19.7 Å². The summed E-state index contributed by atoms with van der Waals surface area (Å²) in [6.07, 6.45) is 3.47. The van der Waals surface area contributed by atoms with Crippen LogP contribution < -0.4 is 5.63 Å². The molecule has 0 saturated heterocycles. The van der Waals surface area contributed by atoms with E-state index in [4.69, 9.17) is 16.0 Å². The molecule has 0 unspecified atom stereocenters. The van der Waals surface area contributed by atoms with Crippen molar-refractivity contribution in [2.45, 2.75) is 17.5 Å². The number of pyridine rings is 1. The number of aromatic hydroxyl groups is 1. The van der Waals surface area contributed by atoms with Crippen LogP contribution >= 0.6 is 23.4 Å². The van der Waals surface area contributed by atoms with Crippen LogP contribution in [0.1, 0.15) is 11.1 Å². The molecule has 0 spiro atoms. The molecule has 0 radical (unpaired) electrons. The molecule has 7 nitrogen and oxygen atoms in total. The van der Waals surface area contributed by atoms with Gasteiger partial charge in [0.15, 0.2) is 11.0 Å². The summed E-state index contributed by atoms with van der Waals surface area (Å²) >= 11 is 7.55. The van der Waals surface area contributed by atoms with Gasteiger partial charge in [-0.1, -0.05) is 53.7 Å². The van der Waals surface area contributed by atoms with Crippen molar-refractivity contribution in [3.8, 4) is 17.1 Å². The normalized spacial score (nSPS) is 11.2. The molecule has 0 fully saturated rings. The van der Waals surface area contributed by atoms with Gasteiger partial charge < -0.3 is 9.52 Å². The minimum atomic E-state index is -0.498. The average Bonchev–Trinajstić information content (AvgIpc) is 3.22. The van der Waals surface area contributed by atoms with Gasteiger partial charge in [-0.05, 0) is 29.3 Å². The predicted molar refractivity (Wildman–Crippen MR) is 128 cm³/mol. The van der Waals surface area contributed by atoms with Crippen LogP contribution in [0.15, 0.2) is 87.4 Å². The van der Waals surface area contributed by atoms with E-state index >= 15 is 0 Å². The molecule has 1 N–H and O–H groups in total. The maximum absolute atomic E-state index is 12.1. The van der Waals surface area contributed by atoms with E-state index in [-0.39, 0.29) is 16.4 Å². The Hall–Kier alpha value is -3.62. The Morgan fingerprint density at radius 3 is 2.70 bits per heavy atom. The molecule has 0 aliphatic heterocycles. The summed E-state index contributed by atoms with van der Waals surface area (Å²) in [6, 6.07) is 18.2. The van der Waals surface area contributed by atoms with E-state index in [1.54, 1.807) is 18.5 Å². The standard InChI is InChI=1S/C24H17ClN4O3S/c25-19-10-18-17(9-22(31)32-21(18)11-20(19)30)14-33-24-28-27-23(16-7-4-8-26-12-16)29(24)13-15-5-2-1-3-6-15/h1-12,30H,13-14H2. The number of fused-ring (bicyclic) bond motifs is 1. The van der Waals surface area contributed by atoms with Gasteiger partial charge in [0, 0.05) is 41.2 Å². The number of benzene rings is 2. The van der Waals surface area contributed by atoms with E-state index in [1.807, 2.05) is 47.0 Å². The van der Waals surface area contributed by atoms with Crippen molar-refractivity contribution >= 4 is 34.3 Å². The fraction of sp³-hybridized carbons (Fsp3) is 0.0833. The molecule has 3 heterocycles. The molecule has 0 aliphatic carbocycles. The number of rotatable bonds is 6. The first kappa shape index (κ1) is 21.2. The minimum absolute atomic E-state index is 0.138. The smallest absolute Gasteiger partial charge is 0.336 e. The van der Waals surface area contributed by atoms with Crippen LogP contribution in [0.25, 0.3) is 22.4 Å². The fourth-order valence-corrected chi connectivity index (χ4v) is 4.60. The zero-order valence-corrected chi connectivity index (χ0v) is 18.8. The quantitative estimate of drug-likeness (QED) is 0.267. The Morgan fingerprint density at radius 1 is 1.06 bits per heavy atom. The van der Waals surface area contributed by atoms with Gasteiger partial charge in [-0.15, -0.1) is 10.2 Å². The van der Waals surface area contributed by atoms with E-state index < -0.39 is 5.63 Å². The largest absolute Gasteiger partial charge is 0.506 e. The van der Waals surface area contributed by atoms with Gasteiger partial charge in [-0.25, -0.2) is 4.79 Å². The van der Waals surface area contributed by atoms with E-state index in [0.717, 1.165) is 16.7 Å². The average molecular weight is 477 g/mol. The third kappa shape index (κ3) is 4.48. The summed E-state index contributed by atoms with van der Waals surface area (Å²) in [5.41, 5.74) is 2.48. The molecule has 3 aromatic heterocycles. The van der Waals surface area contributed by atoms with E-state index in [0.29, 0.717) is 28.7 Å². The Bertz CT molecular complexity index is 1490. The summed E-state index contributed by atoms with van der Waals surface area (Å²) < 4.78 is 7.26. The Labute approximate surface area is 197 Å². The highest BCUT2D eigenvalue weighted by Gasteiger charge is 2.17. The number of thioether (sulfide) groups is 1. The molecule has 0 atom stereocenters. The van der Waals surface area contributed by atoms with Crippen LogP contribution in [-0.4, -0.2) is 24.9 Å². The van der Waals surface area contributed by atoms with Gasteiger partial charge in [0.25, 0.3) is 0 Å². The number of halogens is 1. The van der Waals surface area contributed by atoms with E-state index in [2.05, 4.69) is 15.2 Å². The summed E-state index contributed by atoms with van der Waals surface area (Å²) in [5.74, 6) is 1.00. The van der Waals surface area contributed by atoms with Crippen molar-refractivity contribution in [2.75, 3.05) is 0 Å². The van der Waals surface area contributed by atoms with Crippen LogP contribution in [-0.2, 0) is 12.3 Å². The second-order valence-corrected chi connectivity index (χ2v) is 8.65. The second-order valence-electron chi connectivity index (χ2n) is 7.30. The lowest BCUT2D eigenvalue weighted by Crippen LogP contribution is -2.05. The van der Waals surface area contributed by atoms with Gasteiger partial charge >= 0.3 is 5.63 Å².